The standard InChI is InChI=1S/C24H23N3O6S/c1-14-21(22(30)25-10-11-32-13-20(28)29)34-23(26-14)27-24(31)33-12-19-17-8-4-2-6-15(17)16-7-3-5-9-18(16)19/h2-9,19H,10-13H2,1H3,(H,25,30)(H,28,29)(H,26,27,31). The molecule has 2 aromatic carbocycles. The molecule has 0 unspecified atom stereocenters. The van der Waals surface area contributed by atoms with Crippen LogP contribution in [0.15, 0.2) is 48.5 Å². The Labute approximate surface area is 199 Å². The maximum absolute atomic E-state index is 12.5. The van der Waals surface area contributed by atoms with E-state index in [-0.39, 0.29) is 36.7 Å². The molecule has 0 saturated carbocycles. The Bertz CT molecular complexity index is 1180. The lowest BCUT2D eigenvalue weighted by Crippen LogP contribution is -2.27. The highest BCUT2D eigenvalue weighted by atomic mass is 32.1. The predicted molar refractivity (Wildman–Crippen MR) is 126 cm³/mol. The van der Waals surface area contributed by atoms with Gasteiger partial charge in [-0.15, -0.1) is 0 Å². The molecular formula is C24H23N3O6S. The molecule has 0 aliphatic heterocycles. The molecule has 10 heteroatoms. The average Bonchev–Trinajstić information content (AvgIpc) is 3.34. The molecule has 2 amide bonds. The highest BCUT2D eigenvalue weighted by Crippen LogP contribution is 2.44. The second kappa shape index (κ2) is 10.4. The number of aliphatic carboxylic acids is 1. The van der Waals surface area contributed by atoms with Crippen LogP contribution in [0.4, 0.5) is 9.93 Å². The van der Waals surface area contributed by atoms with Crippen LogP contribution in [0.3, 0.4) is 0 Å². The van der Waals surface area contributed by atoms with E-state index in [0.29, 0.717) is 10.6 Å². The molecule has 4 rings (SSSR count). The van der Waals surface area contributed by atoms with Crippen molar-refractivity contribution in [3.63, 3.8) is 0 Å². The van der Waals surface area contributed by atoms with Gasteiger partial charge >= 0.3 is 12.1 Å². The SMILES string of the molecule is Cc1nc(NC(=O)OCC2c3ccccc3-c3ccccc32)sc1C(=O)NCCOCC(=O)O. The molecule has 1 aliphatic carbocycles. The van der Waals surface area contributed by atoms with Gasteiger partial charge < -0.3 is 19.9 Å². The van der Waals surface area contributed by atoms with Crippen molar-refractivity contribution in [2.45, 2.75) is 12.8 Å². The van der Waals surface area contributed by atoms with Gasteiger partial charge in [-0.25, -0.2) is 14.6 Å². The second-order valence-corrected chi connectivity index (χ2v) is 8.59. The van der Waals surface area contributed by atoms with Crippen molar-refractivity contribution in [1.29, 1.82) is 0 Å². The lowest BCUT2D eigenvalue weighted by Gasteiger charge is -2.14. The maximum Gasteiger partial charge on any atom is 0.413 e. The second-order valence-electron chi connectivity index (χ2n) is 7.59. The first kappa shape index (κ1) is 23.4. The van der Waals surface area contributed by atoms with Gasteiger partial charge in [-0.05, 0) is 29.2 Å². The van der Waals surface area contributed by atoms with Crippen LogP contribution in [0.2, 0.25) is 0 Å². The first-order valence-corrected chi connectivity index (χ1v) is 11.4. The molecule has 0 spiro atoms. The summed E-state index contributed by atoms with van der Waals surface area (Å²) in [4.78, 5) is 39.8. The van der Waals surface area contributed by atoms with E-state index in [2.05, 4.69) is 27.8 Å². The quantitative estimate of drug-likeness (QED) is 0.398. The summed E-state index contributed by atoms with van der Waals surface area (Å²) in [6, 6.07) is 16.2. The van der Waals surface area contributed by atoms with Crippen molar-refractivity contribution in [3.8, 4) is 11.1 Å². The number of nitrogens with zero attached hydrogens (tertiary/aromatic N) is 1. The van der Waals surface area contributed by atoms with Crippen LogP contribution in [0, 0.1) is 6.92 Å². The van der Waals surface area contributed by atoms with Crippen LogP contribution in [0.5, 0.6) is 0 Å². The fraction of sp³-hybridized carbons (Fsp3) is 0.250. The Morgan fingerprint density at radius 3 is 2.35 bits per heavy atom. The van der Waals surface area contributed by atoms with Gasteiger partial charge in [0.15, 0.2) is 5.13 Å². The zero-order valence-electron chi connectivity index (χ0n) is 18.4. The third-order valence-corrected chi connectivity index (χ3v) is 6.38. The van der Waals surface area contributed by atoms with Gasteiger partial charge in [-0.1, -0.05) is 59.9 Å². The molecule has 1 heterocycles. The smallest absolute Gasteiger partial charge is 0.413 e. The molecule has 0 fully saturated rings. The Balaban J connectivity index is 1.32. The number of rotatable bonds is 9. The van der Waals surface area contributed by atoms with Gasteiger partial charge in [-0.3, -0.25) is 10.1 Å². The van der Waals surface area contributed by atoms with E-state index in [9.17, 15) is 14.4 Å². The number of aryl methyl sites for hydroxylation is 1. The Morgan fingerprint density at radius 1 is 1.06 bits per heavy atom. The van der Waals surface area contributed by atoms with Crippen LogP contribution in [0.25, 0.3) is 11.1 Å². The van der Waals surface area contributed by atoms with Crippen molar-refractivity contribution in [2.75, 3.05) is 31.7 Å². The van der Waals surface area contributed by atoms with Crippen LogP contribution in [-0.4, -0.2) is 54.4 Å². The molecule has 9 nitrogen and oxygen atoms in total. The van der Waals surface area contributed by atoms with E-state index in [1.54, 1.807) is 6.92 Å². The Morgan fingerprint density at radius 2 is 1.71 bits per heavy atom. The minimum absolute atomic E-state index is 0.0548. The number of hydrogen-bond acceptors (Lipinski definition) is 7. The number of anilines is 1. The number of hydrogen-bond donors (Lipinski definition) is 3. The number of aromatic nitrogens is 1. The normalized spacial score (nSPS) is 12.0. The minimum Gasteiger partial charge on any atom is -0.480 e. The highest BCUT2D eigenvalue weighted by Gasteiger charge is 2.29. The minimum atomic E-state index is -1.08. The zero-order chi connectivity index (χ0) is 24.1. The first-order valence-electron chi connectivity index (χ1n) is 10.6. The topological polar surface area (TPSA) is 127 Å². The zero-order valence-corrected chi connectivity index (χ0v) is 19.2. The Hall–Kier alpha value is -3.76. The number of nitrogens with one attached hydrogen (secondary N) is 2. The van der Waals surface area contributed by atoms with Crippen molar-refractivity contribution in [3.05, 3.63) is 70.2 Å². The monoisotopic (exact) mass is 481 g/mol. The maximum atomic E-state index is 12.5. The lowest BCUT2D eigenvalue weighted by atomic mass is 9.98. The summed E-state index contributed by atoms with van der Waals surface area (Å²) >= 11 is 1.03. The van der Waals surface area contributed by atoms with E-state index in [1.807, 2.05) is 36.4 Å². The molecule has 3 aromatic rings. The summed E-state index contributed by atoms with van der Waals surface area (Å²) in [5, 5.41) is 14.0. The molecule has 34 heavy (non-hydrogen) atoms. The number of carbonyl (C=O) groups is 3. The summed E-state index contributed by atoms with van der Waals surface area (Å²) < 4.78 is 10.4. The van der Waals surface area contributed by atoms with Crippen molar-refractivity contribution in [2.24, 2.45) is 0 Å². The van der Waals surface area contributed by atoms with E-state index in [1.165, 1.54) is 0 Å². The molecule has 0 bridgehead atoms. The van der Waals surface area contributed by atoms with Crippen LogP contribution < -0.4 is 10.6 Å². The van der Waals surface area contributed by atoms with E-state index in [0.717, 1.165) is 33.6 Å². The first-order chi connectivity index (χ1) is 16.4. The summed E-state index contributed by atoms with van der Waals surface area (Å²) in [5.74, 6) is -1.51. The Kier molecular flexibility index (Phi) is 7.19. The number of amides is 2. The third-order valence-electron chi connectivity index (χ3n) is 5.31. The molecule has 0 saturated heterocycles. The molecule has 3 N–H and O–H groups in total. The largest absolute Gasteiger partial charge is 0.480 e. The lowest BCUT2D eigenvalue weighted by molar-refractivity contribution is -0.142. The average molecular weight is 482 g/mol. The number of fused-ring (bicyclic) bond motifs is 3. The van der Waals surface area contributed by atoms with Gasteiger partial charge in [0.05, 0.1) is 12.3 Å². The van der Waals surface area contributed by atoms with Gasteiger partial charge in [0.2, 0.25) is 0 Å². The van der Waals surface area contributed by atoms with Gasteiger partial charge in [0.25, 0.3) is 5.91 Å². The summed E-state index contributed by atoms with van der Waals surface area (Å²) in [6.45, 7) is 1.63. The summed E-state index contributed by atoms with van der Waals surface area (Å²) in [6.07, 6.45) is -0.648. The van der Waals surface area contributed by atoms with Gasteiger partial charge in [-0.2, -0.15) is 0 Å². The molecule has 1 aliphatic rings. The molecular weight excluding hydrogens is 458 g/mol. The molecule has 176 valence electrons. The number of carboxylic acids is 1. The third kappa shape index (κ3) is 5.24. The van der Waals surface area contributed by atoms with Crippen LogP contribution in [-0.2, 0) is 14.3 Å². The fourth-order valence-corrected chi connectivity index (χ4v) is 4.73. The van der Waals surface area contributed by atoms with Crippen LogP contribution >= 0.6 is 11.3 Å². The van der Waals surface area contributed by atoms with Crippen molar-refractivity contribution >= 4 is 34.4 Å². The number of ether oxygens (including phenoxy) is 2. The molecule has 0 atom stereocenters. The van der Waals surface area contributed by atoms with Crippen molar-refractivity contribution in [1.82, 2.24) is 10.3 Å². The van der Waals surface area contributed by atoms with Gasteiger partial charge in [0, 0.05) is 12.5 Å². The summed E-state index contributed by atoms with van der Waals surface area (Å²) in [7, 11) is 0. The van der Waals surface area contributed by atoms with Gasteiger partial charge in [0.1, 0.15) is 18.1 Å². The number of benzene rings is 2. The van der Waals surface area contributed by atoms with E-state index < -0.39 is 18.7 Å². The number of thiazole rings is 1. The molecule has 1 aromatic heterocycles. The molecule has 0 radical (unpaired) electrons. The van der Waals surface area contributed by atoms with E-state index >= 15 is 0 Å². The van der Waals surface area contributed by atoms with Crippen LogP contribution in [0.1, 0.15) is 32.4 Å². The fourth-order valence-electron chi connectivity index (χ4n) is 3.86. The van der Waals surface area contributed by atoms with E-state index in [4.69, 9.17) is 14.6 Å². The predicted octanol–water partition coefficient (Wildman–Crippen LogP) is 3.64. The summed E-state index contributed by atoms with van der Waals surface area (Å²) in [5.41, 5.74) is 4.99. The highest BCUT2D eigenvalue weighted by molar-refractivity contribution is 7.17. The number of carboxylic acid groups (broad SMARTS) is 1. The number of carbonyl (C=O) groups excluding carboxylic acids is 2. The van der Waals surface area contributed by atoms with Crippen molar-refractivity contribution < 1.29 is 29.0 Å².